The number of benzene rings is 1. The predicted molar refractivity (Wildman–Crippen MR) is 69.5 cm³/mol. The fourth-order valence-corrected chi connectivity index (χ4v) is 1.86. The molecule has 1 aromatic rings. The molecule has 0 radical (unpaired) electrons. The molecule has 0 aliphatic carbocycles. The minimum atomic E-state index is -0.117. The predicted octanol–water partition coefficient (Wildman–Crippen LogP) is 2.18. The van der Waals surface area contributed by atoms with Crippen molar-refractivity contribution < 1.29 is 9.84 Å². The van der Waals surface area contributed by atoms with Crippen molar-refractivity contribution in [3.05, 3.63) is 22.7 Å². The lowest BCUT2D eigenvalue weighted by atomic mass is 10.0. The van der Waals surface area contributed by atoms with Crippen molar-refractivity contribution in [1.29, 1.82) is 0 Å². The zero-order valence-corrected chi connectivity index (χ0v) is 10.7. The Bertz CT molecular complexity index is 372. The van der Waals surface area contributed by atoms with Crippen molar-refractivity contribution in [2.45, 2.75) is 25.3 Å². The number of phenolic OH excluding ortho intramolecular Hbond substituents is 1. The van der Waals surface area contributed by atoms with Crippen LogP contribution in [0.5, 0.6) is 11.5 Å². The molecule has 96 valence electrons. The smallest absolute Gasteiger partial charge is 0.176 e. The summed E-state index contributed by atoms with van der Waals surface area (Å²) in [4.78, 5) is 0. The number of hydrogen-bond acceptors (Lipinski definition) is 4. The van der Waals surface area contributed by atoms with Crippen LogP contribution in [0.2, 0.25) is 5.02 Å². The summed E-state index contributed by atoms with van der Waals surface area (Å²) in [7, 11) is 1.48. The van der Waals surface area contributed by atoms with Gasteiger partial charge in [0.2, 0.25) is 0 Å². The lowest BCUT2D eigenvalue weighted by molar-refractivity contribution is 0.372. The first kappa shape index (κ1) is 14.1. The average molecular weight is 259 g/mol. The zero-order valence-electron chi connectivity index (χ0n) is 9.95. The molecule has 0 heterocycles. The lowest BCUT2D eigenvalue weighted by Gasteiger charge is -2.14. The number of unbranched alkanes of at least 4 members (excludes halogenated alkanes) is 1. The third-order valence-corrected chi connectivity index (χ3v) is 2.96. The van der Waals surface area contributed by atoms with Crippen molar-refractivity contribution in [3.8, 4) is 11.5 Å². The Morgan fingerprint density at radius 3 is 2.71 bits per heavy atom. The van der Waals surface area contributed by atoms with Gasteiger partial charge in [-0.25, -0.2) is 0 Å². The number of nitrogens with two attached hydrogens (primary N) is 2. The first-order chi connectivity index (χ1) is 8.10. The summed E-state index contributed by atoms with van der Waals surface area (Å²) in [5, 5.41) is 9.86. The standard InChI is InChI=1S/C12H19ClN2O2/c1-17-11-7-8(6-9(13)12(11)16)10(15)4-2-3-5-14/h6-7,10,16H,2-5,14-15H2,1H3/t10-/m0/s1. The number of ether oxygens (including phenoxy) is 1. The van der Waals surface area contributed by atoms with Crippen molar-refractivity contribution in [2.75, 3.05) is 13.7 Å². The molecule has 0 bridgehead atoms. The third kappa shape index (κ3) is 3.77. The maximum absolute atomic E-state index is 9.60. The van der Waals surface area contributed by atoms with E-state index in [9.17, 15) is 5.11 Å². The number of rotatable bonds is 6. The average Bonchev–Trinajstić information content (AvgIpc) is 2.32. The van der Waals surface area contributed by atoms with Gasteiger partial charge in [-0.1, -0.05) is 18.0 Å². The number of hydrogen-bond donors (Lipinski definition) is 3. The van der Waals surface area contributed by atoms with Crippen LogP contribution in [-0.4, -0.2) is 18.8 Å². The summed E-state index contributed by atoms with van der Waals surface area (Å²) in [5.74, 6) is 0.300. The van der Waals surface area contributed by atoms with Crippen LogP contribution in [0.1, 0.15) is 30.9 Å². The van der Waals surface area contributed by atoms with Crippen LogP contribution >= 0.6 is 11.6 Å². The van der Waals surface area contributed by atoms with Crippen molar-refractivity contribution >= 4 is 11.6 Å². The molecule has 0 unspecified atom stereocenters. The maximum atomic E-state index is 9.60. The van der Waals surface area contributed by atoms with Gasteiger partial charge in [0.1, 0.15) is 0 Å². The number of aromatic hydroxyl groups is 1. The fraction of sp³-hybridized carbons (Fsp3) is 0.500. The summed E-state index contributed by atoms with van der Waals surface area (Å²) >= 11 is 5.90. The van der Waals surface area contributed by atoms with E-state index in [1.807, 2.05) is 0 Å². The van der Waals surface area contributed by atoms with Gasteiger partial charge in [-0.15, -0.1) is 0 Å². The highest BCUT2D eigenvalue weighted by molar-refractivity contribution is 6.32. The monoisotopic (exact) mass is 258 g/mol. The maximum Gasteiger partial charge on any atom is 0.176 e. The molecule has 0 amide bonds. The van der Waals surface area contributed by atoms with Gasteiger partial charge in [0.05, 0.1) is 12.1 Å². The summed E-state index contributed by atoms with van der Waals surface area (Å²) < 4.78 is 5.03. The molecule has 0 spiro atoms. The van der Waals surface area contributed by atoms with Crippen molar-refractivity contribution in [3.63, 3.8) is 0 Å². The molecule has 1 aromatic carbocycles. The quantitative estimate of drug-likeness (QED) is 0.683. The minimum Gasteiger partial charge on any atom is -0.503 e. The highest BCUT2D eigenvalue weighted by atomic mass is 35.5. The Hall–Kier alpha value is -0.970. The number of methoxy groups -OCH3 is 1. The van der Waals surface area contributed by atoms with E-state index in [0.29, 0.717) is 12.3 Å². The van der Waals surface area contributed by atoms with E-state index in [2.05, 4.69) is 0 Å². The van der Waals surface area contributed by atoms with Crippen molar-refractivity contribution in [1.82, 2.24) is 0 Å². The molecule has 5 heteroatoms. The molecule has 0 saturated carbocycles. The largest absolute Gasteiger partial charge is 0.503 e. The van der Waals surface area contributed by atoms with Gasteiger partial charge in [-0.2, -0.15) is 0 Å². The number of halogens is 1. The van der Waals surface area contributed by atoms with Crippen LogP contribution < -0.4 is 16.2 Å². The minimum absolute atomic E-state index is 0.0490. The number of phenols is 1. The van der Waals surface area contributed by atoms with Gasteiger partial charge < -0.3 is 21.3 Å². The molecule has 0 aromatic heterocycles. The second-order valence-corrected chi connectivity index (χ2v) is 4.35. The van der Waals surface area contributed by atoms with E-state index in [4.69, 9.17) is 27.8 Å². The second-order valence-electron chi connectivity index (χ2n) is 3.94. The van der Waals surface area contributed by atoms with Gasteiger partial charge in [0.15, 0.2) is 11.5 Å². The van der Waals surface area contributed by atoms with Gasteiger partial charge >= 0.3 is 0 Å². The Morgan fingerprint density at radius 1 is 1.41 bits per heavy atom. The van der Waals surface area contributed by atoms with E-state index >= 15 is 0 Å². The van der Waals surface area contributed by atoms with Crippen molar-refractivity contribution in [2.24, 2.45) is 11.5 Å². The van der Waals surface area contributed by atoms with Crippen LogP contribution in [0.4, 0.5) is 0 Å². The molecule has 0 aliphatic rings. The first-order valence-corrected chi connectivity index (χ1v) is 6.00. The zero-order chi connectivity index (χ0) is 12.8. The van der Waals surface area contributed by atoms with Crippen LogP contribution in [0.3, 0.4) is 0 Å². The summed E-state index contributed by atoms with van der Waals surface area (Å²) in [6, 6.07) is 3.27. The third-order valence-electron chi connectivity index (χ3n) is 2.67. The molecular formula is C12H19ClN2O2. The van der Waals surface area contributed by atoms with Crippen LogP contribution in [-0.2, 0) is 0 Å². The van der Waals surface area contributed by atoms with E-state index in [-0.39, 0.29) is 16.8 Å². The van der Waals surface area contributed by atoms with Crippen LogP contribution in [0.25, 0.3) is 0 Å². The van der Waals surface area contributed by atoms with E-state index in [1.165, 1.54) is 7.11 Å². The summed E-state index contributed by atoms with van der Waals surface area (Å²) in [6.45, 7) is 0.673. The topological polar surface area (TPSA) is 81.5 Å². The normalized spacial score (nSPS) is 12.5. The molecule has 1 atom stereocenters. The molecule has 4 nitrogen and oxygen atoms in total. The highest BCUT2D eigenvalue weighted by Gasteiger charge is 2.13. The molecule has 1 rings (SSSR count). The Labute approximate surface area is 107 Å². The summed E-state index contributed by atoms with van der Waals surface area (Å²) in [5.41, 5.74) is 12.3. The van der Waals surface area contributed by atoms with Crippen LogP contribution in [0.15, 0.2) is 12.1 Å². The van der Waals surface area contributed by atoms with E-state index in [0.717, 1.165) is 24.8 Å². The summed E-state index contributed by atoms with van der Waals surface area (Å²) in [6.07, 6.45) is 2.76. The molecule has 0 aliphatic heterocycles. The molecular weight excluding hydrogens is 240 g/mol. The van der Waals surface area contributed by atoms with Gasteiger partial charge in [0.25, 0.3) is 0 Å². The Morgan fingerprint density at radius 2 is 2.12 bits per heavy atom. The highest BCUT2D eigenvalue weighted by Crippen LogP contribution is 2.36. The Balaban J connectivity index is 2.79. The first-order valence-electron chi connectivity index (χ1n) is 5.62. The lowest BCUT2D eigenvalue weighted by Crippen LogP contribution is -2.11. The molecule has 0 fully saturated rings. The van der Waals surface area contributed by atoms with Gasteiger partial charge in [-0.3, -0.25) is 0 Å². The fourth-order valence-electron chi connectivity index (χ4n) is 1.64. The van der Waals surface area contributed by atoms with Gasteiger partial charge in [0, 0.05) is 6.04 Å². The van der Waals surface area contributed by atoms with E-state index in [1.54, 1.807) is 12.1 Å². The Kier molecular flexibility index (Phi) is 5.55. The van der Waals surface area contributed by atoms with Gasteiger partial charge in [-0.05, 0) is 37.1 Å². The SMILES string of the molecule is COc1cc([C@@H](N)CCCCN)cc(Cl)c1O. The second kappa shape index (κ2) is 6.69. The molecule has 0 saturated heterocycles. The molecule has 17 heavy (non-hydrogen) atoms. The van der Waals surface area contributed by atoms with Crippen LogP contribution in [0, 0.1) is 0 Å². The molecule has 5 N–H and O–H groups in total. The van der Waals surface area contributed by atoms with E-state index < -0.39 is 0 Å².